The molecule has 2 aromatic carbocycles. The fourth-order valence-corrected chi connectivity index (χ4v) is 2.29. The lowest BCUT2D eigenvalue weighted by Crippen LogP contribution is -2.23. The molecular weight excluding hydrogens is 476 g/mol. The molecule has 0 aromatic heterocycles. The second-order valence-electron chi connectivity index (χ2n) is 4.62. The Balaban J connectivity index is 0.00000264. The van der Waals surface area contributed by atoms with E-state index in [4.69, 9.17) is 10.5 Å². The van der Waals surface area contributed by atoms with Gasteiger partial charge in [-0.3, -0.25) is 4.99 Å². The predicted octanol–water partition coefficient (Wildman–Crippen LogP) is 4.18. The predicted molar refractivity (Wildman–Crippen MR) is 106 cm³/mol. The van der Waals surface area contributed by atoms with Gasteiger partial charge < -0.3 is 15.8 Å². The summed E-state index contributed by atoms with van der Waals surface area (Å²) in [7, 11) is 1.62. The zero-order valence-corrected chi connectivity index (χ0v) is 16.5. The molecule has 0 unspecified atom stereocenters. The Kier molecular flexibility index (Phi) is 8.32. The van der Waals surface area contributed by atoms with Crippen LogP contribution in [0.5, 0.6) is 5.75 Å². The number of ether oxygens (including phenoxy) is 1. The maximum Gasteiger partial charge on any atom is 0.193 e. The number of aliphatic imine (C=N–C) groups is 1. The maximum atomic E-state index is 13.1. The Labute approximate surface area is 160 Å². The minimum absolute atomic E-state index is 0. The van der Waals surface area contributed by atoms with E-state index < -0.39 is 0 Å². The van der Waals surface area contributed by atoms with Crippen LogP contribution in [0.4, 0.5) is 10.1 Å². The molecule has 0 spiro atoms. The molecule has 0 bridgehead atoms. The molecule has 3 N–H and O–H groups in total. The van der Waals surface area contributed by atoms with E-state index >= 15 is 0 Å². The van der Waals surface area contributed by atoms with E-state index in [1.165, 1.54) is 6.07 Å². The highest BCUT2D eigenvalue weighted by Gasteiger charge is 2.01. The first-order chi connectivity index (χ1) is 10.6. The van der Waals surface area contributed by atoms with E-state index in [2.05, 4.69) is 26.2 Å². The van der Waals surface area contributed by atoms with Gasteiger partial charge in [0.25, 0.3) is 0 Å². The number of guanidine groups is 1. The molecule has 0 saturated carbocycles. The minimum atomic E-state index is -0.270. The van der Waals surface area contributed by atoms with Crippen LogP contribution in [0, 0.1) is 5.82 Å². The van der Waals surface area contributed by atoms with Crippen molar-refractivity contribution in [1.29, 1.82) is 0 Å². The van der Waals surface area contributed by atoms with Gasteiger partial charge in [-0.15, -0.1) is 24.0 Å². The van der Waals surface area contributed by atoms with Gasteiger partial charge in [0.1, 0.15) is 11.6 Å². The zero-order valence-electron chi connectivity index (χ0n) is 12.6. The lowest BCUT2D eigenvalue weighted by molar-refractivity contribution is 0.415. The monoisotopic (exact) mass is 493 g/mol. The molecule has 0 amide bonds. The number of rotatable bonds is 5. The molecule has 0 radical (unpaired) electrons. The Bertz CT molecular complexity index is 665. The number of anilines is 1. The van der Waals surface area contributed by atoms with Gasteiger partial charge in [-0.25, -0.2) is 4.39 Å². The van der Waals surface area contributed by atoms with Gasteiger partial charge in [-0.2, -0.15) is 0 Å². The quantitative estimate of drug-likeness (QED) is 0.373. The van der Waals surface area contributed by atoms with E-state index in [1.54, 1.807) is 19.2 Å². The minimum Gasteiger partial charge on any atom is -0.497 e. The Morgan fingerprint density at radius 2 is 1.96 bits per heavy atom. The first-order valence-corrected chi connectivity index (χ1v) is 7.52. The summed E-state index contributed by atoms with van der Waals surface area (Å²) in [6.07, 6.45) is 0.684. The van der Waals surface area contributed by atoms with Crippen LogP contribution < -0.4 is 15.8 Å². The molecule has 2 aromatic rings. The topological polar surface area (TPSA) is 59.6 Å². The molecule has 4 nitrogen and oxygen atoms in total. The normalized spacial score (nSPS) is 10.8. The molecule has 2 rings (SSSR count). The molecule has 0 atom stereocenters. The SMILES string of the molecule is COc1ccc(NC(N)=NCCc2ccc(F)c(Br)c2)cc1.I. The molecule has 0 fully saturated rings. The average molecular weight is 494 g/mol. The number of nitrogens with zero attached hydrogens (tertiary/aromatic N) is 1. The van der Waals surface area contributed by atoms with E-state index in [1.807, 2.05) is 24.3 Å². The van der Waals surface area contributed by atoms with Gasteiger partial charge in [0, 0.05) is 12.2 Å². The zero-order chi connectivity index (χ0) is 15.9. The van der Waals surface area contributed by atoms with Crippen LogP contribution in [0.3, 0.4) is 0 Å². The van der Waals surface area contributed by atoms with Crippen molar-refractivity contribution in [3.63, 3.8) is 0 Å². The molecule has 23 heavy (non-hydrogen) atoms. The smallest absolute Gasteiger partial charge is 0.193 e. The highest BCUT2D eigenvalue weighted by Crippen LogP contribution is 2.17. The number of benzene rings is 2. The van der Waals surface area contributed by atoms with Crippen LogP contribution in [0.25, 0.3) is 0 Å². The van der Waals surface area contributed by atoms with E-state index in [-0.39, 0.29) is 29.8 Å². The number of hydrogen-bond acceptors (Lipinski definition) is 2. The summed E-state index contributed by atoms with van der Waals surface area (Å²) < 4.78 is 18.7. The van der Waals surface area contributed by atoms with Crippen LogP contribution in [-0.2, 0) is 6.42 Å². The van der Waals surface area contributed by atoms with Gasteiger partial charge in [0.05, 0.1) is 11.6 Å². The Hall–Kier alpha value is -1.35. The van der Waals surface area contributed by atoms with Gasteiger partial charge in [0.2, 0.25) is 0 Å². The van der Waals surface area contributed by atoms with Crippen LogP contribution in [0.2, 0.25) is 0 Å². The van der Waals surface area contributed by atoms with Crippen molar-refractivity contribution in [2.45, 2.75) is 6.42 Å². The third-order valence-electron chi connectivity index (χ3n) is 3.03. The molecular formula is C16H18BrFIN3O. The van der Waals surface area contributed by atoms with Gasteiger partial charge >= 0.3 is 0 Å². The van der Waals surface area contributed by atoms with Crippen molar-refractivity contribution in [1.82, 2.24) is 0 Å². The Morgan fingerprint density at radius 1 is 1.26 bits per heavy atom. The Morgan fingerprint density at radius 3 is 2.57 bits per heavy atom. The van der Waals surface area contributed by atoms with Crippen molar-refractivity contribution in [3.8, 4) is 5.75 Å². The van der Waals surface area contributed by atoms with Crippen LogP contribution in [-0.4, -0.2) is 19.6 Å². The molecule has 7 heteroatoms. The molecule has 0 aliphatic rings. The summed E-state index contributed by atoms with van der Waals surface area (Å²) >= 11 is 3.16. The summed E-state index contributed by atoms with van der Waals surface area (Å²) in [5.74, 6) is 0.849. The molecule has 124 valence electrons. The van der Waals surface area contributed by atoms with Gasteiger partial charge in [0.15, 0.2) is 5.96 Å². The summed E-state index contributed by atoms with van der Waals surface area (Å²) in [5.41, 5.74) is 7.67. The summed E-state index contributed by atoms with van der Waals surface area (Å²) in [6.45, 7) is 0.521. The molecule has 0 aliphatic carbocycles. The van der Waals surface area contributed by atoms with E-state index in [0.717, 1.165) is 17.0 Å². The van der Waals surface area contributed by atoms with E-state index in [0.29, 0.717) is 23.4 Å². The largest absolute Gasteiger partial charge is 0.497 e. The fraction of sp³-hybridized carbons (Fsp3) is 0.188. The molecule has 0 aliphatic heterocycles. The van der Waals surface area contributed by atoms with Gasteiger partial charge in [-0.05, 0) is 64.3 Å². The average Bonchev–Trinajstić information content (AvgIpc) is 2.51. The lowest BCUT2D eigenvalue weighted by Gasteiger charge is -2.07. The van der Waals surface area contributed by atoms with Gasteiger partial charge in [-0.1, -0.05) is 6.07 Å². The first-order valence-electron chi connectivity index (χ1n) is 6.73. The fourth-order valence-electron chi connectivity index (χ4n) is 1.86. The maximum absolute atomic E-state index is 13.1. The van der Waals surface area contributed by atoms with Crippen LogP contribution in [0.1, 0.15) is 5.56 Å². The van der Waals surface area contributed by atoms with Crippen molar-refractivity contribution < 1.29 is 9.13 Å². The number of nitrogens with one attached hydrogen (secondary N) is 1. The summed E-state index contributed by atoms with van der Waals surface area (Å²) in [6, 6.07) is 12.3. The van der Waals surface area contributed by atoms with Crippen molar-refractivity contribution in [3.05, 3.63) is 58.3 Å². The second-order valence-corrected chi connectivity index (χ2v) is 5.47. The third-order valence-corrected chi connectivity index (χ3v) is 3.64. The second kappa shape index (κ2) is 9.71. The molecule has 0 saturated heterocycles. The van der Waals surface area contributed by atoms with E-state index in [9.17, 15) is 4.39 Å². The van der Waals surface area contributed by atoms with Crippen molar-refractivity contribution >= 4 is 51.6 Å². The standard InChI is InChI=1S/C16H17BrFN3O.HI/c1-22-13-5-3-12(4-6-13)21-16(19)20-9-8-11-2-7-15(18)14(17)10-11;/h2-7,10H,8-9H2,1H3,(H3,19,20,21);1H. The summed E-state index contributed by atoms with van der Waals surface area (Å²) in [4.78, 5) is 4.25. The number of halogens is 3. The third kappa shape index (κ3) is 6.34. The number of hydrogen-bond donors (Lipinski definition) is 2. The van der Waals surface area contributed by atoms with Crippen LogP contribution >= 0.6 is 39.9 Å². The lowest BCUT2D eigenvalue weighted by atomic mass is 10.1. The molecule has 0 heterocycles. The highest BCUT2D eigenvalue weighted by molar-refractivity contribution is 14.0. The number of methoxy groups -OCH3 is 1. The van der Waals surface area contributed by atoms with Crippen LogP contribution in [0.15, 0.2) is 51.9 Å². The van der Waals surface area contributed by atoms with Crippen molar-refractivity contribution in [2.24, 2.45) is 10.7 Å². The highest BCUT2D eigenvalue weighted by atomic mass is 127. The van der Waals surface area contributed by atoms with Crippen molar-refractivity contribution in [2.75, 3.05) is 19.0 Å². The summed E-state index contributed by atoms with van der Waals surface area (Å²) in [5, 5.41) is 3.00. The first kappa shape index (κ1) is 19.7. The number of nitrogens with two attached hydrogens (primary N) is 1.